The zero-order chi connectivity index (χ0) is 21.5. The molecule has 1 aliphatic heterocycles. The minimum Gasteiger partial charge on any atom is -0.373 e. The number of benzene rings is 1. The SMILES string of the molecule is CC(C)[Si](C(C)C)(C(C)C)n1cc(C(F)C2CCCC(=O)N2)c2c(F)cccc21. The van der Waals surface area contributed by atoms with Crippen molar-refractivity contribution >= 4 is 25.0 Å². The molecule has 1 amide bonds. The van der Waals surface area contributed by atoms with Crippen molar-refractivity contribution in [1.82, 2.24) is 9.55 Å². The third-order valence-corrected chi connectivity index (χ3v) is 13.7. The van der Waals surface area contributed by atoms with Gasteiger partial charge >= 0.3 is 0 Å². The zero-order valence-corrected chi connectivity index (χ0v) is 19.4. The molecular formula is C23H34F2N2OSi. The van der Waals surface area contributed by atoms with Crippen LogP contribution in [0, 0.1) is 5.82 Å². The van der Waals surface area contributed by atoms with Gasteiger partial charge in [-0.1, -0.05) is 47.6 Å². The van der Waals surface area contributed by atoms with Crippen LogP contribution in [0.4, 0.5) is 8.78 Å². The maximum absolute atomic E-state index is 15.7. The first-order valence-electron chi connectivity index (χ1n) is 10.9. The maximum Gasteiger partial charge on any atom is 0.220 e. The Morgan fingerprint density at radius 2 is 1.72 bits per heavy atom. The van der Waals surface area contributed by atoms with Crippen molar-refractivity contribution in [3.05, 3.63) is 35.8 Å². The molecule has 2 atom stereocenters. The molecule has 1 aromatic heterocycles. The van der Waals surface area contributed by atoms with Gasteiger partial charge in [-0.2, -0.15) is 0 Å². The lowest BCUT2D eigenvalue weighted by molar-refractivity contribution is -0.124. The molecule has 0 radical (unpaired) electrons. The fourth-order valence-corrected chi connectivity index (χ4v) is 12.5. The number of rotatable bonds is 6. The first-order chi connectivity index (χ1) is 13.6. The molecule has 2 heterocycles. The number of nitrogens with zero attached hydrogens (tertiary/aromatic N) is 1. The number of alkyl halides is 1. The van der Waals surface area contributed by atoms with Crippen LogP contribution in [0.3, 0.4) is 0 Å². The fourth-order valence-electron chi connectivity index (χ4n) is 5.91. The van der Waals surface area contributed by atoms with Gasteiger partial charge in [0.15, 0.2) is 8.24 Å². The van der Waals surface area contributed by atoms with Crippen LogP contribution >= 0.6 is 0 Å². The number of fused-ring (bicyclic) bond motifs is 1. The molecule has 0 aliphatic carbocycles. The number of aromatic nitrogens is 1. The van der Waals surface area contributed by atoms with Crippen LogP contribution in [0.5, 0.6) is 0 Å². The first-order valence-corrected chi connectivity index (χ1v) is 13.0. The van der Waals surface area contributed by atoms with Crippen molar-refractivity contribution in [3.8, 4) is 0 Å². The molecule has 2 unspecified atom stereocenters. The highest BCUT2D eigenvalue weighted by molar-refractivity contribution is 6.82. The largest absolute Gasteiger partial charge is 0.373 e. The predicted octanol–water partition coefficient (Wildman–Crippen LogP) is 6.48. The molecule has 1 fully saturated rings. The Balaban J connectivity index is 2.25. The van der Waals surface area contributed by atoms with Crippen LogP contribution in [-0.2, 0) is 4.79 Å². The minimum atomic E-state index is -2.18. The van der Waals surface area contributed by atoms with Crippen molar-refractivity contribution in [3.63, 3.8) is 0 Å². The molecule has 6 heteroatoms. The average molecular weight is 421 g/mol. The van der Waals surface area contributed by atoms with Crippen molar-refractivity contribution in [2.75, 3.05) is 0 Å². The van der Waals surface area contributed by atoms with E-state index in [4.69, 9.17) is 0 Å². The van der Waals surface area contributed by atoms with Gasteiger partial charge in [-0.25, -0.2) is 8.78 Å². The summed E-state index contributed by atoms with van der Waals surface area (Å²) in [6, 6.07) is 4.45. The van der Waals surface area contributed by atoms with Gasteiger partial charge in [0.05, 0.1) is 6.04 Å². The van der Waals surface area contributed by atoms with Gasteiger partial charge in [-0.3, -0.25) is 4.79 Å². The zero-order valence-electron chi connectivity index (χ0n) is 18.4. The van der Waals surface area contributed by atoms with Crippen LogP contribution in [0.15, 0.2) is 24.4 Å². The van der Waals surface area contributed by atoms with E-state index >= 15 is 8.78 Å². The third kappa shape index (κ3) is 3.54. The van der Waals surface area contributed by atoms with Crippen molar-refractivity contribution in [2.24, 2.45) is 0 Å². The highest BCUT2D eigenvalue weighted by Crippen LogP contribution is 2.46. The van der Waals surface area contributed by atoms with Crippen LogP contribution in [-0.4, -0.2) is 24.4 Å². The summed E-state index contributed by atoms with van der Waals surface area (Å²) in [5.74, 6) is -0.511. The summed E-state index contributed by atoms with van der Waals surface area (Å²) < 4.78 is 33.0. The average Bonchev–Trinajstić information content (AvgIpc) is 3.02. The Kier molecular flexibility index (Phi) is 6.23. The molecular weight excluding hydrogens is 386 g/mol. The van der Waals surface area contributed by atoms with E-state index in [1.807, 2.05) is 12.3 Å². The van der Waals surface area contributed by atoms with E-state index in [1.54, 1.807) is 6.07 Å². The van der Waals surface area contributed by atoms with Crippen molar-refractivity contribution in [1.29, 1.82) is 0 Å². The number of hydrogen-bond donors (Lipinski definition) is 1. The lowest BCUT2D eigenvalue weighted by Crippen LogP contribution is -2.51. The molecule has 1 saturated heterocycles. The van der Waals surface area contributed by atoms with Crippen LogP contribution in [0.2, 0.25) is 16.6 Å². The number of carbonyl (C=O) groups is 1. The van der Waals surface area contributed by atoms with E-state index in [2.05, 4.69) is 51.1 Å². The lowest BCUT2D eigenvalue weighted by atomic mass is 9.95. The predicted molar refractivity (Wildman–Crippen MR) is 118 cm³/mol. The number of halogens is 2. The molecule has 2 aromatic rings. The second-order valence-corrected chi connectivity index (χ2v) is 15.1. The molecule has 1 aliphatic rings. The third-order valence-electron chi connectivity index (χ3n) is 6.92. The van der Waals surface area contributed by atoms with Gasteiger partial charge in [-0.05, 0) is 41.6 Å². The van der Waals surface area contributed by atoms with Crippen LogP contribution in [0.1, 0.15) is 72.5 Å². The Labute approximate surface area is 174 Å². The van der Waals surface area contributed by atoms with Gasteiger partial charge in [0.1, 0.15) is 12.0 Å². The lowest BCUT2D eigenvalue weighted by Gasteiger charge is -2.44. The van der Waals surface area contributed by atoms with Crippen LogP contribution in [0.25, 0.3) is 10.9 Å². The number of hydrogen-bond acceptors (Lipinski definition) is 1. The molecule has 3 rings (SSSR count). The van der Waals surface area contributed by atoms with E-state index in [0.717, 1.165) is 5.52 Å². The second-order valence-electron chi connectivity index (χ2n) is 9.41. The molecule has 0 saturated carbocycles. The van der Waals surface area contributed by atoms with Crippen molar-refractivity contribution < 1.29 is 13.6 Å². The Morgan fingerprint density at radius 3 is 2.28 bits per heavy atom. The summed E-state index contributed by atoms with van der Waals surface area (Å²) in [6.45, 7) is 13.4. The Hall–Kier alpha value is -1.69. The van der Waals surface area contributed by atoms with Gasteiger partial charge < -0.3 is 9.55 Å². The monoisotopic (exact) mass is 420 g/mol. The summed E-state index contributed by atoms with van der Waals surface area (Å²) in [7, 11) is -2.18. The topological polar surface area (TPSA) is 34.0 Å². The molecule has 160 valence electrons. The van der Waals surface area contributed by atoms with Crippen LogP contribution < -0.4 is 5.32 Å². The number of carbonyl (C=O) groups excluding carboxylic acids is 1. The smallest absolute Gasteiger partial charge is 0.220 e. The second kappa shape index (κ2) is 8.21. The molecule has 3 nitrogen and oxygen atoms in total. The van der Waals surface area contributed by atoms with E-state index in [1.165, 1.54) is 6.07 Å². The van der Waals surface area contributed by atoms with Gasteiger partial charge in [0, 0.05) is 29.1 Å². The van der Waals surface area contributed by atoms with E-state index in [-0.39, 0.29) is 11.7 Å². The van der Waals surface area contributed by atoms with Gasteiger partial charge in [-0.15, -0.1) is 0 Å². The molecule has 29 heavy (non-hydrogen) atoms. The Bertz CT molecular complexity index is 869. The van der Waals surface area contributed by atoms with E-state index < -0.39 is 20.4 Å². The van der Waals surface area contributed by atoms with Gasteiger partial charge in [0.25, 0.3) is 0 Å². The van der Waals surface area contributed by atoms with E-state index in [9.17, 15) is 4.79 Å². The summed E-state index contributed by atoms with van der Waals surface area (Å²) in [4.78, 5) is 11.8. The first kappa shape index (κ1) is 22.0. The number of piperidine rings is 1. The quantitative estimate of drug-likeness (QED) is 0.533. The highest BCUT2D eigenvalue weighted by Gasteiger charge is 2.46. The number of amides is 1. The minimum absolute atomic E-state index is 0.122. The molecule has 0 bridgehead atoms. The standard InChI is InChI=1S/C23H34F2N2OSi/c1-14(2)29(15(3)4,16(5)6)27-13-17(22-18(24)9-7-11-20(22)27)23(25)19-10-8-12-21(28)26-19/h7,9,11,13-16,19,23H,8,10,12H2,1-6H3,(H,26,28). The van der Waals surface area contributed by atoms with E-state index in [0.29, 0.717) is 46.8 Å². The molecule has 1 N–H and O–H groups in total. The van der Waals surface area contributed by atoms with Crippen molar-refractivity contribution in [2.45, 2.75) is 89.6 Å². The Morgan fingerprint density at radius 1 is 1.10 bits per heavy atom. The fraction of sp³-hybridized carbons (Fsp3) is 0.609. The van der Waals surface area contributed by atoms with Gasteiger partial charge in [0.2, 0.25) is 5.91 Å². The summed E-state index contributed by atoms with van der Waals surface area (Å²) in [6.07, 6.45) is 2.14. The molecule has 1 aromatic carbocycles. The highest BCUT2D eigenvalue weighted by atomic mass is 28.3. The normalized spacial score (nSPS) is 19.4. The maximum atomic E-state index is 15.7. The summed E-state index contributed by atoms with van der Waals surface area (Å²) >= 11 is 0. The molecule has 0 spiro atoms. The summed E-state index contributed by atoms with van der Waals surface area (Å²) in [5, 5.41) is 3.15. The summed E-state index contributed by atoms with van der Waals surface area (Å²) in [5.41, 5.74) is 2.38. The number of nitrogens with one attached hydrogen (secondary N) is 1.